The van der Waals surface area contributed by atoms with Crippen LogP contribution in [0.25, 0.3) is 11.1 Å². The minimum Gasteiger partial charge on any atom is -0.497 e. The first-order valence-corrected chi connectivity index (χ1v) is 12.4. The van der Waals surface area contributed by atoms with E-state index in [1.165, 1.54) is 24.6 Å². The normalized spacial score (nSPS) is 13.3. The molecule has 36 heavy (non-hydrogen) atoms. The Kier molecular flexibility index (Phi) is 7.36. The highest BCUT2D eigenvalue weighted by Gasteiger charge is 2.22. The molecule has 1 fully saturated rings. The summed E-state index contributed by atoms with van der Waals surface area (Å²) in [6, 6.07) is 15.1. The van der Waals surface area contributed by atoms with E-state index in [-0.39, 0.29) is 24.9 Å². The molecule has 1 aliphatic carbocycles. The van der Waals surface area contributed by atoms with Crippen molar-refractivity contribution in [2.75, 3.05) is 7.11 Å². The van der Waals surface area contributed by atoms with Gasteiger partial charge in [-0.15, -0.1) is 11.8 Å². The first kappa shape index (κ1) is 24.1. The third kappa shape index (κ3) is 5.62. The molecule has 0 spiro atoms. The number of benzene rings is 2. The van der Waals surface area contributed by atoms with Gasteiger partial charge in [0, 0.05) is 23.1 Å². The van der Waals surface area contributed by atoms with Crippen LogP contribution < -0.4 is 14.2 Å². The summed E-state index contributed by atoms with van der Waals surface area (Å²) in [6.07, 6.45) is 5.16. The SMILES string of the molecule is COc1ccc(COc2cc(COc3c(F)cc(-c4cccnc4SC4CCC4)cc3F)on2)cc1. The highest BCUT2D eigenvalue weighted by molar-refractivity contribution is 8.00. The van der Waals surface area contributed by atoms with Crippen LogP contribution in [0.5, 0.6) is 17.4 Å². The summed E-state index contributed by atoms with van der Waals surface area (Å²) in [5.74, 6) is -0.816. The van der Waals surface area contributed by atoms with Crippen LogP contribution in [0.1, 0.15) is 30.6 Å². The summed E-state index contributed by atoms with van der Waals surface area (Å²) < 4.78 is 51.0. The second kappa shape index (κ2) is 11.0. The van der Waals surface area contributed by atoms with E-state index >= 15 is 0 Å². The molecule has 0 radical (unpaired) electrons. The highest BCUT2D eigenvalue weighted by Crippen LogP contribution is 2.40. The molecule has 0 bridgehead atoms. The maximum absolute atomic E-state index is 14.9. The first-order chi connectivity index (χ1) is 17.6. The monoisotopic (exact) mass is 510 g/mol. The Labute approximate surface area is 211 Å². The molecular formula is C27H24F2N2O4S. The lowest BCUT2D eigenvalue weighted by Gasteiger charge is -2.25. The number of pyridine rings is 1. The van der Waals surface area contributed by atoms with Crippen LogP contribution in [0.4, 0.5) is 8.78 Å². The van der Waals surface area contributed by atoms with Crippen molar-refractivity contribution in [1.82, 2.24) is 10.1 Å². The van der Waals surface area contributed by atoms with E-state index in [2.05, 4.69) is 10.1 Å². The van der Waals surface area contributed by atoms with Gasteiger partial charge in [0.25, 0.3) is 5.88 Å². The van der Waals surface area contributed by atoms with Gasteiger partial charge in [0.05, 0.1) is 7.11 Å². The lowest BCUT2D eigenvalue weighted by Crippen LogP contribution is -2.13. The van der Waals surface area contributed by atoms with Crippen LogP contribution in [0.15, 0.2) is 70.3 Å². The number of methoxy groups -OCH3 is 1. The van der Waals surface area contributed by atoms with Gasteiger partial charge < -0.3 is 18.7 Å². The van der Waals surface area contributed by atoms with E-state index < -0.39 is 17.4 Å². The van der Waals surface area contributed by atoms with E-state index in [1.54, 1.807) is 31.1 Å². The van der Waals surface area contributed by atoms with E-state index in [0.29, 0.717) is 16.4 Å². The lowest BCUT2D eigenvalue weighted by molar-refractivity contribution is 0.223. The Morgan fingerprint density at radius 1 is 1.00 bits per heavy atom. The van der Waals surface area contributed by atoms with Gasteiger partial charge >= 0.3 is 0 Å². The average molecular weight is 511 g/mol. The minimum atomic E-state index is -0.802. The molecule has 2 heterocycles. The fourth-order valence-electron chi connectivity index (χ4n) is 3.66. The van der Waals surface area contributed by atoms with E-state index in [1.807, 2.05) is 30.3 Å². The topological polar surface area (TPSA) is 66.6 Å². The van der Waals surface area contributed by atoms with Gasteiger partial charge in [-0.25, -0.2) is 13.8 Å². The Morgan fingerprint density at radius 2 is 1.78 bits per heavy atom. The Bertz CT molecular complexity index is 1300. The largest absolute Gasteiger partial charge is 0.497 e. The van der Waals surface area contributed by atoms with Gasteiger partial charge in [0.1, 0.15) is 24.0 Å². The zero-order valence-corrected chi connectivity index (χ0v) is 20.4. The van der Waals surface area contributed by atoms with Gasteiger partial charge in [0.2, 0.25) is 0 Å². The molecule has 0 saturated heterocycles. The molecule has 1 saturated carbocycles. The molecule has 5 rings (SSSR count). The minimum absolute atomic E-state index is 0.207. The van der Waals surface area contributed by atoms with Crippen LogP contribution in [0.3, 0.4) is 0 Å². The predicted molar refractivity (Wildman–Crippen MR) is 131 cm³/mol. The molecule has 186 valence electrons. The summed E-state index contributed by atoms with van der Waals surface area (Å²) in [7, 11) is 1.60. The average Bonchev–Trinajstić information content (AvgIpc) is 3.32. The maximum Gasteiger partial charge on any atom is 0.254 e. The van der Waals surface area contributed by atoms with E-state index in [0.717, 1.165) is 29.2 Å². The summed E-state index contributed by atoms with van der Waals surface area (Å²) >= 11 is 1.66. The van der Waals surface area contributed by atoms with Gasteiger partial charge in [-0.2, -0.15) is 0 Å². The molecule has 9 heteroatoms. The van der Waals surface area contributed by atoms with Crippen LogP contribution in [0, 0.1) is 11.6 Å². The number of thioether (sulfide) groups is 1. The molecular weight excluding hydrogens is 486 g/mol. The summed E-state index contributed by atoms with van der Waals surface area (Å²) in [5, 5.41) is 5.10. The van der Waals surface area contributed by atoms with Crippen molar-refractivity contribution in [2.45, 2.75) is 42.8 Å². The van der Waals surface area contributed by atoms with Crippen LogP contribution >= 0.6 is 11.8 Å². The highest BCUT2D eigenvalue weighted by atomic mass is 32.2. The second-order valence-electron chi connectivity index (χ2n) is 8.35. The molecule has 0 unspecified atom stereocenters. The molecule has 4 aromatic rings. The van der Waals surface area contributed by atoms with Crippen molar-refractivity contribution < 1.29 is 27.5 Å². The zero-order chi connectivity index (χ0) is 24.9. The molecule has 2 aromatic carbocycles. The Morgan fingerprint density at radius 3 is 2.47 bits per heavy atom. The van der Waals surface area contributed by atoms with Crippen molar-refractivity contribution in [3.63, 3.8) is 0 Å². The molecule has 1 aliphatic rings. The zero-order valence-electron chi connectivity index (χ0n) is 19.6. The van der Waals surface area contributed by atoms with Crippen molar-refractivity contribution in [3.8, 4) is 28.5 Å². The third-order valence-electron chi connectivity index (χ3n) is 5.85. The molecule has 0 aliphatic heterocycles. The number of rotatable bonds is 10. The van der Waals surface area contributed by atoms with Crippen molar-refractivity contribution in [1.29, 1.82) is 0 Å². The van der Waals surface area contributed by atoms with E-state index in [9.17, 15) is 8.78 Å². The lowest BCUT2D eigenvalue weighted by atomic mass is 10.00. The van der Waals surface area contributed by atoms with Gasteiger partial charge in [-0.05, 0) is 59.5 Å². The Balaban J connectivity index is 1.22. The summed E-state index contributed by atoms with van der Waals surface area (Å²) in [4.78, 5) is 4.43. The van der Waals surface area contributed by atoms with Crippen molar-refractivity contribution in [2.24, 2.45) is 0 Å². The maximum atomic E-state index is 14.9. The number of ether oxygens (including phenoxy) is 3. The smallest absolute Gasteiger partial charge is 0.254 e. The number of aromatic nitrogens is 2. The fraction of sp³-hybridized carbons (Fsp3) is 0.259. The van der Waals surface area contributed by atoms with Crippen molar-refractivity contribution >= 4 is 11.8 Å². The summed E-state index contributed by atoms with van der Waals surface area (Å²) in [6.45, 7) is 0.0681. The molecule has 6 nitrogen and oxygen atoms in total. The summed E-state index contributed by atoms with van der Waals surface area (Å²) in [5.41, 5.74) is 2.04. The third-order valence-corrected chi connectivity index (χ3v) is 7.21. The fourth-order valence-corrected chi connectivity index (χ4v) is 4.98. The van der Waals surface area contributed by atoms with E-state index in [4.69, 9.17) is 18.7 Å². The number of hydrogen-bond donors (Lipinski definition) is 0. The first-order valence-electron chi connectivity index (χ1n) is 11.5. The predicted octanol–water partition coefficient (Wildman–Crippen LogP) is 6.83. The Hall–Kier alpha value is -3.59. The second-order valence-corrected chi connectivity index (χ2v) is 9.64. The number of hydrogen-bond acceptors (Lipinski definition) is 7. The molecule has 0 amide bonds. The van der Waals surface area contributed by atoms with Gasteiger partial charge in [-0.3, -0.25) is 0 Å². The van der Waals surface area contributed by atoms with Crippen LogP contribution in [-0.2, 0) is 13.2 Å². The van der Waals surface area contributed by atoms with Crippen molar-refractivity contribution in [3.05, 3.63) is 83.8 Å². The quantitative estimate of drug-likeness (QED) is 0.232. The number of halogens is 2. The van der Waals surface area contributed by atoms with Crippen LogP contribution in [-0.4, -0.2) is 22.5 Å². The van der Waals surface area contributed by atoms with Crippen LogP contribution in [0.2, 0.25) is 0 Å². The van der Waals surface area contributed by atoms with Gasteiger partial charge in [-0.1, -0.05) is 24.6 Å². The molecule has 2 aromatic heterocycles. The number of nitrogens with zero attached hydrogens (tertiary/aromatic N) is 2. The molecule has 0 atom stereocenters. The standard InChI is InChI=1S/C27H24F2N2O4S/c1-32-19-9-7-17(8-10-19)15-33-25-14-20(35-31-25)16-34-26-23(28)12-18(13-24(26)29)22-6-3-11-30-27(22)36-21-4-2-5-21/h3,6-14,21H,2,4-5,15-16H2,1H3. The van der Waals surface area contributed by atoms with Gasteiger partial charge in [0.15, 0.2) is 23.1 Å². The molecule has 0 N–H and O–H groups in total.